The van der Waals surface area contributed by atoms with Crippen LogP contribution in [0.3, 0.4) is 0 Å². The molecule has 15 heteroatoms. The third-order valence-corrected chi connectivity index (χ3v) is 8.08. The average molecular weight is 681 g/mol. The molecular weight excluding hydrogens is 642 g/mol. The monoisotopic (exact) mass is 680 g/mol. The average Bonchev–Trinajstić information content (AvgIpc) is 2.97. The first-order valence-electron chi connectivity index (χ1n) is 14.6. The van der Waals surface area contributed by atoms with Gasteiger partial charge in [-0.25, -0.2) is 27.0 Å². The number of aryl methyl sites for hydroxylation is 1. The van der Waals surface area contributed by atoms with E-state index >= 15 is 0 Å². The molecule has 0 spiro atoms. The van der Waals surface area contributed by atoms with Gasteiger partial charge in [-0.05, 0) is 61.6 Å². The van der Waals surface area contributed by atoms with Crippen LogP contribution in [0.5, 0.6) is 11.6 Å². The van der Waals surface area contributed by atoms with Crippen LogP contribution in [-0.4, -0.2) is 67.1 Å². The summed E-state index contributed by atoms with van der Waals surface area (Å²) >= 11 is 0. The van der Waals surface area contributed by atoms with Crippen molar-refractivity contribution in [1.82, 2.24) is 14.8 Å². The topological polar surface area (TPSA) is 147 Å². The van der Waals surface area contributed by atoms with Gasteiger partial charge in [0.2, 0.25) is 15.9 Å². The van der Waals surface area contributed by atoms with E-state index in [0.29, 0.717) is 49.3 Å². The molecule has 1 aromatic heterocycles. The van der Waals surface area contributed by atoms with Gasteiger partial charge in [-0.2, -0.15) is 0 Å². The van der Waals surface area contributed by atoms with Crippen molar-refractivity contribution in [2.45, 2.75) is 52.1 Å². The highest BCUT2D eigenvalue weighted by Gasteiger charge is 2.28. The minimum Gasteiger partial charge on any atom is -0.439 e. The molecule has 250 valence electrons. The van der Waals surface area contributed by atoms with Crippen molar-refractivity contribution in [3.8, 4) is 11.6 Å². The number of carbonyl (C=O) groups excluding carboxylic acids is 2. The summed E-state index contributed by atoms with van der Waals surface area (Å²) in [6, 6.07) is 9.56. The number of unbranched alkanes of at least 4 members (excludes halogenated alkanes) is 1. The summed E-state index contributed by atoms with van der Waals surface area (Å²) in [5.41, 5.74) is 6.57. The highest BCUT2D eigenvalue weighted by Crippen LogP contribution is 2.28. The van der Waals surface area contributed by atoms with Crippen molar-refractivity contribution >= 4 is 45.7 Å². The second-order valence-corrected chi connectivity index (χ2v) is 12.9. The molecule has 0 bridgehead atoms. The lowest BCUT2D eigenvalue weighted by molar-refractivity contribution is 0.0996. The number of ether oxygens (including phenoxy) is 1. The third-order valence-electron chi connectivity index (χ3n) is 7.47. The summed E-state index contributed by atoms with van der Waals surface area (Å²) in [5.74, 6) is -2.17. The van der Waals surface area contributed by atoms with Crippen LogP contribution < -0.4 is 20.5 Å². The largest absolute Gasteiger partial charge is 0.439 e. The van der Waals surface area contributed by atoms with Crippen LogP contribution in [0.15, 0.2) is 48.7 Å². The summed E-state index contributed by atoms with van der Waals surface area (Å²) in [4.78, 5) is 33.1. The Morgan fingerprint density at radius 3 is 2.41 bits per heavy atom. The molecule has 0 unspecified atom stereocenters. The van der Waals surface area contributed by atoms with E-state index in [0.717, 1.165) is 49.4 Å². The maximum atomic E-state index is 14.4. The van der Waals surface area contributed by atoms with Gasteiger partial charge in [-0.1, -0.05) is 19.4 Å². The van der Waals surface area contributed by atoms with Crippen LogP contribution in [-0.2, 0) is 16.6 Å². The Morgan fingerprint density at radius 2 is 1.83 bits per heavy atom. The van der Waals surface area contributed by atoms with Gasteiger partial charge in [0.25, 0.3) is 5.91 Å². The number of nitrogens with zero attached hydrogens (tertiary/aromatic N) is 3. The summed E-state index contributed by atoms with van der Waals surface area (Å²) in [6.07, 6.45) is 5.85. The van der Waals surface area contributed by atoms with E-state index in [9.17, 15) is 26.8 Å². The standard InChI is InChI=1S/C31H38F2N6O5S.ClH/c1-4-5-12-39(31(41)36-27-16-24(30(34)40)25(32)17-26(27)33)23-10-13-38(14-11-23)19-21-6-9-29(35-18-21)44-28-8-7-22(15-20(28)2)37-45(3,42)43;/h6-9,15-18,23,37H,4-5,10-14,19H2,1-3H3,(H2,34,40)(H,36,41);1H. The number of aromatic nitrogens is 1. The quantitative estimate of drug-likeness (QED) is 0.224. The summed E-state index contributed by atoms with van der Waals surface area (Å²) < 4.78 is 59.6. The molecule has 46 heavy (non-hydrogen) atoms. The van der Waals surface area contributed by atoms with E-state index < -0.39 is 39.2 Å². The summed E-state index contributed by atoms with van der Waals surface area (Å²) in [7, 11) is -3.38. The van der Waals surface area contributed by atoms with Gasteiger partial charge in [-0.15, -0.1) is 12.4 Å². The maximum Gasteiger partial charge on any atom is 0.322 e. The van der Waals surface area contributed by atoms with Crippen molar-refractivity contribution in [3.05, 3.63) is 77.0 Å². The van der Waals surface area contributed by atoms with E-state index in [4.69, 9.17) is 10.5 Å². The molecule has 1 saturated heterocycles. The maximum absolute atomic E-state index is 14.4. The third kappa shape index (κ3) is 9.99. The van der Waals surface area contributed by atoms with Gasteiger partial charge in [0.15, 0.2) is 0 Å². The van der Waals surface area contributed by atoms with Gasteiger partial charge < -0.3 is 20.7 Å². The molecule has 0 radical (unpaired) electrons. The van der Waals surface area contributed by atoms with E-state index in [1.54, 1.807) is 35.4 Å². The number of nitrogens with one attached hydrogen (secondary N) is 2. The number of nitrogens with two attached hydrogens (primary N) is 1. The van der Waals surface area contributed by atoms with Crippen LogP contribution in [0.4, 0.5) is 25.0 Å². The number of amides is 3. The first kappa shape index (κ1) is 36.5. The zero-order chi connectivity index (χ0) is 32.7. The number of benzene rings is 2. The molecular formula is C31H39ClF2N6O5S. The zero-order valence-electron chi connectivity index (χ0n) is 25.9. The second kappa shape index (κ2) is 16.0. The Balaban J connectivity index is 0.00000576. The molecule has 3 aromatic rings. The molecule has 11 nitrogen and oxygen atoms in total. The number of hydrogen-bond donors (Lipinski definition) is 3. The van der Waals surface area contributed by atoms with Crippen LogP contribution >= 0.6 is 12.4 Å². The molecule has 1 fully saturated rings. The fourth-order valence-corrected chi connectivity index (χ4v) is 5.72. The second-order valence-electron chi connectivity index (χ2n) is 11.1. The molecule has 4 N–H and O–H groups in total. The number of hydrogen-bond acceptors (Lipinski definition) is 7. The van der Waals surface area contributed by atoms with Crippen LogP contribution in [0, 0.1) is 18.6 Å². The lowest BCUT2D eigenvalue weighted by Gasteiger charge is -2.38. The molecule has 0 atom stereocenters. The predicted molar refractivity (Wildman–Crippen MR) is 175 cm³/mol. The Hall–Kier alpha value is -4.01. The van der Waals surface area contributed by atoms with Crippen molar-refractivity contribution in [2.24, 2.45) is 5.73 Å². The molecule has 1 aliphatic heterocycles. The number of piperidine rings is 1. The summed E-state index contributed by atoms with van der Waals surface area (Å²) in [6.45, 7) is 6.40. The molecule has 4 rings (SSSR count). The molecule has 0 saturated carbocycles. The lowest BCUT2D eigenvalue weighted by atomic mass is 10.0. The fourth-order valence-electron chi connectivity index (χ4n) is 5.17. The van der Waals surface area contributed by atoms with Gasteiger partial charge in [0.1, 0.15) is 17.4 Å². The van der Waals surface area contributed by atoms with Crippen molar-refractivity contribution in [1.29, 1.82) is 0 Å². The Morgan fingerprint density at radius 1 is 1.11 bits per heavy atom. The van der Waals surface area contributed by atoms with E-state index in [-0.39, 0.29) is 24.1 Å². The van der Waals surface area contributed by atoms with Crippen molar-refractivity contribution in [2.75, 3.05) is 35.9 Å². The first-order chi connectivity index (χ1) is 21.3. The molecule has 1 aliphatic rings. The van der Waals surface area contributed by atoms with Crippen molar-refractivity contribution < 1.29 is 31.5 Å². The number of sulfonamides is 1. The van der Waals surface area contributed by atoms with Crippen LogP contribution in [0.25, 0.3) is 0 Å². The number of urea groups is 1. The zero-order valence-corrected chi connectivity index (χ0v) is 27.5. The predicted octanol–water partition coefficient (Wildman–Crippen LogP) is 5.65. The molecule has 0 aliphatic carbocycles. The van der Waals surface area contributed by atoms with Crippen molar-refractivity contribution in [3.63, 3.8) is 0 Å². The minimum atomic E-state index is -3.38. The molecule has 2 heterocycles. The molecule has 3 amide bonds. The number of likely N-dealkylation sites (tertiary alicyclic amines) is 1. The Kier molecular flexibility index (Phi) is 12.7. The number of carbonyl (C=O) groups is 2. The Labute approximate surface area is 274 Å². The number of halogens is 3. The summed E-state index contributed by atoms with van der Waals surface area (Å²) in [5, 5.41) is 2.50. The van der Waals surface area contributed by atoms with E-state index in [2.05, 4.69) is 19.9 Å². The number of rotatable bonds is 12. The number of primary amides is 1. The fraction of sp³-hybridized carbons (Fsp3) is 0.387. The number of pyridine rings is 1. The minimum absolute atomic E-state index is 0. The Bertz CT molecular complexity index is 1640. The van der Waals surface area contributed by atoms with Crippen LogP contribution in [0.2, 0.25) is 0 Å². The molecule has 2 aromatic carbocycles. The van der Waals surface area contributed by atoms with E-state index in [1.165, 1.54) is 0 Å². The van der Waals surface area contributed by atoms with Gasteiger partial charge in [0.05, 0.1) is 17.5 Å². The van der Waals surface area contributed by atoms with Crippen LogP contribution in [0.1, 0.15) is 54.1 Å². The van der Waals surface area contributed by atoms with Gasteiger partial charge in [0, 0.05) is 56.2 Å². The lowest BCUT2D eigenvalue weighted by Crippen LogP contribution is -2.49. The first-order valence-corrected chi connectivity index (χ1v) is 16.5. The van der Waals surface area contributed by atoms with E-state index in [1.807, 2.05) is 19.9 Å². The number of anilines is 2. The SMILES string of the molecule is CCCCN(C(=O)Nc1cc(C(N)=O)c(F)cc1F)C1CCN(Cc2ccc(Oc3ccc(NS(C)(=O)=O)cc3C)nc2)CC1.Cl. The highest BCUT2D eigenvalue weighted by atomic mass is 35.5. The highest BCUT2D eigenvalue weighted by molar-refractivity contribution is 7.92. The van der Waals surface area contributed by atoms with Gasteiger partial charge >= 0.3 is 6.03 Å². The normalized spacial score (nSPS) is 13.8. The van der Waals surface area contributed by atoms with Gasteiger partial charge in [-0.3, -0.25) is 14.4 Å². The smallest absolute Gasteiger partial charge is 0.322 e.